The number of amides is 2. The molecular weight excluding hydrogens is 401 g/mol. The van der Waals surface area contributed by atoms with Gasteiger partial charge in [-0.15, -0.1) is 10.2 Å². The molecule has 28 heavy (non-hydrogen) atoms. The zero-order chi connectivity index (χ0) is 20.3. The lowest BCUT2D eigenvalue weighted by atomic mass is 9.96. The van der Waals surface area contributed by atoms with Gasteiger partial charge in [0.1, 0.15) is 12.2 Å². The largest absolute Gasteiger partial charge is 0.343 e. The summed E-state index contributed by atoms with van der Waals surface area (Å²) >= 11 is 11.9. The Hall–Kier alpha value is -2.12. The van der Waals surface area contributed by atoms with E-state index in [1.807, 2.05) is 4.57 Å². The molecule has 2 heterocycles. The van der Waals surface area contributed by atoms with Gasteiger partial charge >= 0.3 is 0 Å². The van der Waals surface area contributed by atoms with Gasteiger partial charge in [0.15, 0.2) is 0 Å². The van der Waals surface area contributed by atoms with Crippen molar-refractivity contribution >= 4 is 35.0 Å². The second-order valence-electron chi connectivity index (χ2n) is 7.18. The SMILES string of the molecule is CC(C)n1cnnc1C1CCCN(C(=O)CNC(=O)c2ccc(Cl)cc2Cl)C1. The van der Waals surface area contributed by atoms with Crippen molar-refractivity contribution in [3.63, 3.8) is 0 Å². The van der Waals surface area contributed by atoms with E-state index >= 15 is 0 Å². The number of benzene rings is 1. The summed E-state index contributed by atoms with van der Waals surface area (Å²) in [6.45, 7) is 5.32. The van der Waals surface area contributed by atoms with Crippen molar-refractivity contribution in [1.29, 1.82) is 0 Å². The number of halogens is 2. The van der Waals surface area contributed by atoms with E-state index in [4.69, 9.17) is 23.2 Å². The summed E-state index contributed by atoms with van der Waals surface area (Å²) < 4.78 is 2.04. The topological polar surface area (TPSA) is 80.1 Å². The van der Waals surface area contributed by atoms with Crippen LogP contribution in [0.25, 0.3) is 0 Å². The maximum absolute atomic E-state index is 12.6. The molecule has 150 valence electrons. The Morgan fingerprint density at radius 1 is 1.32 bits per heavy atom. The third-order valence-corrected chi connectivity index (χ3v) is 5.42. The van der Waals surface area contributed by atoms with Gasteiger partial charge in [-0.1, -0.05) is 23.2 Å². The van der Waals surface area contributed by atoms with Crippen molar-refractivity contribution in [2.24, 2.45) is 0 Å². The maximum atomic E-state index is 12.6. The summed E-state index contributed by atoms with van der Waals surface area (Å²) in [4.78, 5) is 26.7. The number of likely N-dealkylation sites (tertiary alicyclic amines) is 1. The molecule has 7 nitrogen and oxygen atoms in total. The first kappa shape index (κ1) is 20.6. The number of hydrogen-bond acceptors (Lipinski definition) is 4. The molecule has 1 aliphatic heterocycles. The standard InChI is InChI=1S/C19H23Cl2N5O2/c1-12(2)26-11-23-24-18(26)13-4-3-7-25(10-13)17(27)9-22-19(28)15-6-5-14(20)8-16(15)21/h5-6,8,11-13H,3-4,7,9-10H2,1-2H3,(H,22,28). The number of nitrogens with zero attached hydrogens (tertiary/aromatic N) is 4. The lowest BCUT2D eigenvalue weighted by Gasteiger charge is -2.32. The fraction of sp³-hybridized carbons (Fsp3) is 0.474. The monoisotopic (exact) mass is 423 g/mol. The molecule has 1 N–H and O–H groups in total. The van der Waals surface area contributed by atoms with Crippen LogP contribution in [-0.2, 0) is 4.79 Å². The molecule has 0 spiro atoms. The molecule has 1 fully saturated rings. The zero-order valence-electron chi connectivity index (χ0n) is 15.9. The third-order valence-electron chi connectivity index (χ3n) is 4.87. The molecule has 1 aromatic heterocycles. The lowest BCUT2D eigenvalue weighted by molar-refractivity contribution is -0.131. The number of piperidine rings is 1. The number of carbonyl (C=O) groups is 2. The Bertz CT molecular complexity index is 868. The molecule has 1 aliphatic rings. The minimum absolute atomic E-state index is 0.0820. The number of nitrogens with one attached hydrogen (secondary N) is 1. The summed E-state index contributed by atoms with van der Waals surface area (Å²) in [5.74, 6) is 0.523. The van der Waals surface area contributed by atoms with Gasteiger partial charge in [-0.05, 0) is 44.9 Å². The van der Waals surface area contributed by atoms with Gasteiger partial charge in [0.25, 0.3) is 5.91 Å². The van der Waals surface area contributed by atoms with Crippen LogP contribution < -0.4 is 5.32 Å². The minimum atomic E-state index is -0.400. The molecule has 1 saturated heterocycles. The van der Waals surface area contributed by atoms with Crippen molar-refractivity contribution in [3.05, 3.63) is 46.0 Å². The summed E-state index contributed by atoms with van der Waals surface area (Å²) in [7, 11) is 0. The summed E-state index contributed by atoms with van der Waals surface area (Å²) in [5.41, 5.74) is 0.292. The van der Waals surface area contributed by atoms with Crippen LogP contribution >= 0.6 is 23.2 Å². The van der Waals surface area contributed by atoms with Crippen molar-refractivity contribution in [3.8, 4) is 0 Å². The smallest absolute Gasteiger partial charge is 0.253 e. The first-order chi connectivity index (χ1) is 13.4. The highest BCUT2D eigenvalue weighted by atomic mass is 35.5. The Kier molecular flexibility index (Phi) is 6.57. The minimum Gasteiger partial charge on any atom is -0.343 e. The van der Waals surface area contributed by atoms with E-state index in [1.54, 1.807) is 23.4 Å². The van der Waals surface area contributed by atoms with Crippen molar-refractivity contribution in [2.45, 2.75) is 38.6 Å². The molecule has 0 bridgehead atoms. The molecule has 9 heteroatoms. The van der Waals surface area contributed by atoms with E-state index < -0.39 is 5.91 Å². The molecule has 0 aliphatic carbocycles. The number of rotatable bonds is 5. The van der Waals surface area contributed by atoms with Gasteiger partial charge in [0, 0.05) is 30.1 Å². The maximum Gasteiger partial charge on any atom is 0.253 e. The van der Waals surface area contributed by atoms with E-state index in [0.29, 0.717) is 23.7 Å². The highest BCUT2D eigenvalue weighted by Crippen LogP contribution is 2.27. The third kappa shape index (κ3) is 4.64. The van der Waals surface area contributed by atoms with E-state index in [9.17, 15) is 9.59 Å². The summed E-state index contributed by atoms with van der Waals surface area (Å²) in [5, 5.41) is 11.6. The zero-order valence-corrected chi connectivity index (χ0v) is 17.4. The normalized spacial score (nSPS) is 17.0. The van der Waals surface area contributed by atoms with E-state index in [1.165, 1.54) is 6.07 Å². The fourth-order valence-electron chi connectivity index (χ4n) is 3.39. The predicted octanol–water partition coefficient (Wildman–Crippen LogP) is 3.30. The average Bonchev–Trinajstić information content (AvgIpc) is 3.16. The van der Waals surface area contributed by atoms with Crippen LogP contribution in [0, 0.1) is 0 Å². The molecule has 1 atom stereocenters. The van der Waals surface area contributed by atoms with Crippen LogP contribution in [-0.4, -0.2) is 51.1 Å². The number of carbonyl (C=O) groups excluding carboxylic acids is 2. The average molecular weight is 424 g/mol. The van der Waals surface area contributed by atoms with Gasteiger partial charge in [-0.2, -0.15) is 0 Å². The van der Waals surface area contributed by atoms with Crippen LogP contribution in [0.3, 0.4) is 0 Å². The lowest BCUT2D eigenvalue weighted by Crippen LogP contribution is -2.45. The van der Waals surface area contributed by atoms with Gasteiger partial charge in [0.2, 0.25) is 5.91 Å². The van der Waals surface area contributed by atoms with E-state index in [2.05, 4.69) is 29.4 Å². The first-order valence-corrected chi connectivity index (χ1v) is 10.0. The van der Waals surface area contributed by atoms with Gasteiger partial charge in [-0.3, -0.25) is 9.59 Å². The van der Waals surface area contributed by atoms with E-state index in [0.717, 1.165) is 18.7 Å². The number of aromatic nitrogens is 3. The van der Waals surface area contributed by atoms with Crippen LogP contribution in [0.1, 0.15) is 54.8 Å². The Morgan fingerprint density at radius 3 is 2.82 bits per heavy atom. The van der Waals surface area contributed by atoms with Crippen molar-refractivity contribution < 1.29 is 9.59 Å². The van der Waals surface area contributed by atoms with Crippen LogP contribution in [0.2, 0.25) is 10.0 Å². The van der Waals surface area contributed by atoms with Crippen molar-refractivity contribution in [2.75, 3.05) is 19.6 Å². The van der Waals surface area contributed by atoms with Gasteiger partial charge in [-0.25, -0.2) is 0 Å². The molecule has 1 aromatic carbocycles. The summed E-state index contributed by atoms with van der Waals surface area (Å²) in [6.07, 6.45) is 3.58. The Labute approximate surface area is 174 Å². The predicted molar refractivity (Wildman–Crippen MR) is 108 cm³/mol. The number of hydrogen-bond donors (Lipinski definition) is 1. The second-order valence-corrected chi connectivity index (χ2v) is 8.02. The Morgan fingerprint density at radius 2 is 2.11 bits per heavy atom. The van der Waals surface area contributed by atoms with Crippen LogP contribution in [0.15, 0.2) is 24.5 Å². The molecule has 0 radical (unpaired) electrons. The molecule has 3 rings (SSSR count). The quantitative estimate of drug-likeness (QED) is 0.799. The highest BCUT2D eigenvalue weighted by Gasteiger charge is 2.28. The van der Waals surface area contributed by atoms with Gasteiger partial charge in [0.05, 0.1) is 17.1 Å². The Balaban J connectivity index is 1.59. The molecular formula is C19H23Cl2N5O2. The van der Waals surface area contributed by atoms with Crippen LogP contribution in [0.4, 0.5) is 0 Å². The summed E-state index contributed by atoms with van der Waals surface area (Å²) in [6, 6.07) is 4.89. The highest BCUT2D eigenvalue weighted by molar-refractivity contribution is 6.36. The van der Waals surface area contributed by atoms with Gasteiger partial charge < -0.3 is 14.8 Å². The first-order valence-electron chi connectivity index (χ1n) is 9.27. The molecule has 2 amide bonds. The molecule has 2 aromatic rings. The molecule has 1 unspecified atom stereocenters. The van der Waals surface area contributed by atoms with Crippen molar-refractivity contribution in [1.82, 2.24) is 25.0 Å². The molecule has 0 saturated carbocycles. The van der Waals surface area contributed by atoms with E-state index in [-0.39, 0.29) is 29.4 Å². The van der Waals surface area contributed by atoms with Crippen LogP contribution in [0.5, 0.6) is 0 Å². The second kappa shape index (κ2) is 8.92. The fourth-order valence-corrected chi connectivity index (χ4v) is 3.89.